The van der Waals surface area contributed by atoms with Gasteiger partial charge in [-0.3, -0.25) is 4.98 Å². The van der Waals surface area contributed by atoms with Gasteiger partial charge in [-0.2, -0.15) is 15.0 Å². The van der Waals surface area contributed by atoms with Crippen molar-refractivity contribution in [1.29, 1.82) is 0 Å². The van der Waals surface area contributed by atoms with Gasteiger partial charge in [0.15, 0.2) is 0 Å². The highest BCUT2D eigenvalue weighted by atomic mass is 19.1. The predicted molar refractivity (Wildman–Crippen MR) is 137 cm³/mol. The zero-order chi connectivity index (χ0) is 25.5. The molecule has 1 atom stereocenters. The molecule has 3 heterocycles. The second-order valence-electron chi connectivity index (χ2n) is 8.95. The van der Waals surface area contributed by atoms with Gasteiger partial charge in [0.1, 0.15) is 11.9 Å². The molecule has 1 aromatic carbocycles. The van der Waals surface area contributed by atoms with Gasteiger partial charge in [0, 0.05) is 49.9 Å². The quantitative estimate of drug-likeness (QED) is 0.429. The number of piperazine rings is 1. The van der Waals surface area contributed by atoms with Crippen LogP contribution in [0.2, 0.25) is 0 Å². The van der Waals surface area contributed by atoms with E-state index in [-0.39, 0.29) is 23.6 Å². The number of nitrogens with zero attached hydrogens (tertiary/aromatic N) is 6. The monoisotopic (exact) mass is 494 g/mol. The van der Waals surface area contributed by atoms with E-state index in [1.807, 2.05) is 26.0 Å². The summed E-state index contributed by atoms with van der Waals surface area (Å²) in [5, 5.41) is 6.17. The normalized spacial score (nSPS) is 14.5. The summed E-state index contributed by atoms with van der Waals surface area (Å²) in [7, 11) is 1.36. The third kappa shape index (κ3) is 6.55. The lowest BCUT2D eigenvalue weighted by atomic mass is 10.0. The minimum absolute atomic E-state index is 0.242. The number of hydrogen-bond acceptors (Lipinski definition) is 10. The summed E-state index contributed by atoms with van der Waals surface area (Å²) in [5.74, 6) is 0.436. The molecule has 3 aromatic rings. The fourth-order valence-corrected chi connectivity index (χ4v) is 4.03. The Balaban J connectivity index is 1.58. The van der Waals surface area contributed by atoms with Crippen LogP contribution in [0.15, 0.2) is 48.8 Å². The van der Waals surface area contributed by atoms with Gasteiger partial charge in [-0.05, 0) is 42.7 Å². The molecule has 190 valence electrons. The van der Waals surface area contributed by atoms with Crippen LogP contribution in [0.1, 0.15) is 20.3 Å². The van der Waals surface area contributed by atoms with Crippen molar-refractivity contribution in [3.05, 3.63) is 54.6 Å². The lowest BCUT2D eigenvalue weighted by Crippen LogP contribution is -2.47. The second-order valence-corrected chi connectivity index (χ2v) is 8.95. The van der Waals surface area contributed by atoms with Gasteiger partial charge in [-0.15, -0.1) is 0 Å². The molecule has 0 unspecified atom stereocenters. The Labute approximate surface area is 209 Å². The van der Waals surface area contributed by atoms with Crippen molar-refractivity contribution < 1.29 is 13.9 Å². The summed E-state index contributed by atoms with van der Waals surface area (Å²) >= 11 is 0. The smallest absolute Gasteiger partial charge is 0.328 e. The number of pyridine rings is 1. The Hall–Kier alpha value is -4.02. The van der Waals surface area contributed by atoms with Crippen molar-refractivity contribution in [2.75, 3.05) is 53.7 Å². The maximum absolute atomic E-state index is 13.7. The van der Waals surface area contributed by atoms with E-state index in [1.165, 1.54) is 19.2 Å². The highest BCUT2D eigenvalue weighted by Crippen LogP contribution is 2.22. The molecule has 36 heavy (non-hydrogen) atoms. The van der Waals surface area contributed by atoms with E-state index in [4.69, 9.17) is 4.74 Å². The molecule has 1 aliphatic rings. The molecule has 0 saturated carbocycles. The minimum atomic E-state index is -0.615. The van der Waals surface area contributed by atoms with Crippen molar-refractivity contribution in [3.63, 3.8) is 0 Å². The molecule has 0 amide bonds. The fraction of sp³-hybridized carbons (Fsp3) is 0.400. The van der Waals surface area contributed by atoms with Gasteiger partial charge in [0.25, 0.3) is 0 Å². The number of rotatable bonds is 9. The van der Waals surface area contributed by atoms with Crippen LogP contribution in [0, 0.1) is 11.7 Å². The summed E-state index contributed by atoms with van der Waals surface area (Å²) in [4.78, 5) is 34.5. The first-order valence-electron chi connectivity index (χ1n) is 11.9. The van der Waals surface area contributed by atoms with Crippen LogP contribution in [-0.2, 0) is 9.53 Å². The van der Waals surface area contributed by atoms with Gasteiger partial charge in [0.05, 0.1) is 7.11 Å². The average molecular weight is 495 g/mol. The molecule has 1 aliphatic heterocycles. The molecule has 0 radical (unpaired) electrons. The zero-order valence-corrected chi connectivity index (χ0v) is 20.7. The number of carbonyl (C=O) groups is 1. The molecule has 4 rings (SSSR count). The van der Waals surface area contributed by atoms with E-state index in [1.54, 1.807) is 24.5 Å². The number of halogens is 1. The van der Waals surface area contributed by atoms with Gasteiger partial charge in [-0.25, -0.2) is 9.18 Å². The third-order valence-corrected chi connectivity index (χ3v) is 5.79. The Morgan fingerprint density at radius 1 is 1.03 bits per heavy atom. The maximum Gasteiger partial charge on any atom is 0.328 e. The molecule has 11 heteroatoms. The molecule has 0 aliphatic carbocycles. The predicted octanol–water partition coefficient (Wildman–Crippen LogP) is 3.48. The molecule has 2 N–H and O–H groups in total. The van der Waals surface area contributed by atoms with Crippen LogP contribution in [0.25, 0.3) is 0 Å². The number of esters is 1. The molecule has 0 spiro atoms. The number of nitrogens with one attached hydrogen (secondary N) is 2. The Morgan fingerprint density at radius 2 is 1.72 bits per heavy atom. The largest absolute Gasteiger partial charge is 0.467 e. The van der Waals surface area contributed by atoms with E-state index < -0.39 is 12.0 Å². The van der Waals surface area contributed by atoms with Gasteiger partial charge < -0.3 is 25.2 Å². The Bertz CT molecular complexity index is 1160. The van der Waals surface area contributed by atoms with Crippen LogP contribution in [0.4, 0.5) is 33.6 Å². The van der Waals surface area contributed by atoms with Gasteiger partial charge in [0.2, 0.25) is 17.8 Å². The van der Waals surface area contributed by atoms with Crippen LogP contribution >= 0.6 is 0 Å². The van der Waals surface area contributed by atoms with Crippen molar-refractivity contribution in [2.24, 2.45) is 5.92 Å². The van der Waals surface area contributed by atoms with Crippen molar-refractivity contribution in [2.45, 2.75) is 26.3 Å². The summed E-state index contributed by atoms with van der Waals surface area (Å²) in [5.41, 5.74) is 1.62. The molecule has 2 aromatic heterocycles. The first-order valence-corrected chi connectivity index (χ1v) is 11.9. The van der Waals surface area contributed by atoms with E-state index in [9.17, 15) is 9.18 Å². The SMILES string of the molecule is COC(=O)[C@H](CC(C)C)Nc1nc(Nc2cccc(F)c2)nc(N2CCN(c3ccncc3)CC2)n1. The lowest BCUT2D eigenvalue weighted by molar-refractivity contribution is -0.141. The molecule has 10 nitrogen and oxygen atoms in total. The number of benzene rings is 1. The Morgan fingerprint density at radius 3 is 2.39 bits per heavy atom. The number of aromatic nitrogens is 4. The average Bonchev–Trinajstić information content (AvgIpc) is 2.88. The van der Waals surface area contributed by atoms with Gasteiger partial charge in [-0.1, -0.05) is 19.9 Å². The van der Waals surface area contributed by atoms with Crippen LogP contribution in [0.3, 0.4) is 0 Å². The summed E-state index contributed by atoms with van der Waals surface area (Å²) < 4.78 is 18.7. The summed E-state index contributed by atoms with van der Waals surface area (Å²) in [6.45, 7) is 6.99. The van der Waals surface area contributed by atoms with Crippen LogP contribution < -0.4 is 20.4 Å². The number of anilines is 5. The number of hydrogen-bond donors (Lipinski definition) is 2. The van der Waals surface area contributed by atoms with E-state index >= 15 is 0 Å². The number of carbonyl (C=O) groups excluding carboxylic acids is 1. The molecular weight excluding hydrogens is 463 g/mol. The van der Waals surface area contributed by atoms with Crippen LogP contribution in [0.5, 0.6) is 0 Å². The second kappa shape index (κ2) is 11.6. The van der Waals surface area contributed by atoms with Crippen molar-refractivity contribution in [3.8, 4) is 0 Å². The highest BCUT2D eigenvalue weighted by Gasteiger charge is 2.24. The van der Waals surface area contributed by atoms with E-state index in [0.29, 0.717) is 31.1 Å². The maximum atomic E-state index is 13.7. The highest BCUT2D eigenvalue weighted by molar-refractivity contribution is 5.78. The molecule has 1 saturated heterocycles. The van der Waals surface area contributed by atoms with Crippen molar-refractivity contribution in [1.82, 2.24) is 19.9 Å². The van der Waals surface area contributed by atoms with E-state index in [0.717, 1.165) is 18.8 Å². The summed E-state index contributed by atoms with van der Waals surface area (Å²) in [6.07, 6.45) is 4.11. The Kier molecular flexibility index (Phi) is 8.09. The van der Waals surface area contributed by atoms with Crippen LogP contribution in [-0.4, -0.2) is 65.2 Å². The topological polar surface area (TPSA) is 108 Å². The third-order valence-electron chi connectivity index (χ3n) is 5.79. The van der Waals surface area contributed by atoms with E-state index in [2.05, 4.69) is 40.4 Å². The summed E-state index contributed by atoms with van der Waals surface area (Å²) in [6, 6.07) is 9.42. The van der Waals surface area contributed by atoms with Gasteiger partial charge >= 0.3 is 5.97 Å². The number of methoxy groups -OCH3 is 1. The molecule has 1 fully saturated rings. The zero-order valence-electron chi connectivity index (χ0n) is 20.7. The fourth-order valence-electron chi connectivity index (χ4n) is 4.03. The first kappa shape index (κ1) is 25.1. The van der Waals surface area contributed by atoms with Crippen molar-refractivity contribution >= 4 is 35.2 Å². The molecule has 0 bridgehead atoms. The minimum Gasteiger partial charge on any atom is -0.467 e. The lowest BCUT2D eigenvalue weighted by Gasteiger charge is -2.36. The standard InChI is InChI=1S/C25H31FN8O2/c1-17(2)15-21(22(35)36-3)29-24-30-23(28-19-6-4-5-18(26)16-19)31-25(32-24)34-13-11-33(12-14-34)20-7-9-27-10-8-20/h4-10,16-17,21H,11-15H2,1-3H3,(H2,28,29,30,31,32)/t21-/m0/s1. The molecular formula is C25H31FN8O2. The number of ether oxygens (including phenoxy) is 1. The first-order chi connectivity index (χ1) is 17.4.